The summed E-state index contributed by atoms with van der Waals surface area (Å²) in [4.78, 5) is 12.7. The van der Waals surface area contributed by atoms with Gasteiger partial charge in [-0.15, -0.1) is 0 Å². The number of aryl methyl sites for hydroxylation is 2. The molecule has 0 spiro atoms. The van der Waals surface area contributed by atoms with Crippen LogP contribution in [0.5, 0.6) is 11.5 Å². The van der Waals surface area contributed by atoms with Crippen LogP contribution < -0.4 is 9.47 Å². The molecule has 3 rings (SSSR count). The van der Waals surface area contributed by atoms with Gasteiger partial charge in [0.25, 0.3) is 0 Å². The van der Waals surface area contributed by atoms with Crippen molar-refractivity contribution in [3.63, 3.8) is 0 Å². The smallest absolute Gasteiger partial charge is 0.232 e. The largest absolute Gasteiger partial charge is 0.489 e. The minimum absolute atomic E-state index is 0.0788. The van der Waals surface area contributed by atoms with Crippen molar-refractivity contribution in [1.29, 1.82) is 0 Å². The lowest BCUT2D eigenvalue weighted by atomic mass is 10.0. The standard InChI is InChI=1S/C22H22O3/c1-14(2)8-9-24-18-11-16(4)21-19(13-18)25-20(22(21)23)12-17-7-5-6-15(3)10-17/h5-8,10-13H,9H2,1-4H3/b20-12-. The summed E-state index contributed by atoms with van der Waals surface area (Å²) >= 11 is 0. The molecule has 0 saturated carbocycles. The fourth-order valence-electron chi connectivity index (χ4n) is 2.78. The highest BCUT2D eigenvalue weighted by Crippen LogP contribution is 2.37. The molecule has 0 N–H and O–H groups in total. The monoisotopic (exact) mass is 334 g/mol. The number of hydrogen-bond donors (Lipinski definition) is 0. The molecule has 128 valence electrons. The molecule has 2 aromatic carbocycles. The van der Waals surface area contributed by atoms with Crippen molar-refractivity contribution in [2.75, 3.05) is 6.61 Å². The first-order valence-corrected chi connectivity index (χ1v) is 8.36. The van der Waals surface area contributed by atoms with E-state index < -0.39 is 0 Å². The lowest BCUT2D eigenvalue weighted by molar-refractivity contribution is 0.101. The van der Waals surface area contributed by atoms with E-state index in [0.717, 1.165) is 16.7 Å². The van der Waals surface area contributed by atoms with E-state index in [-0.39, 0.29) is 5.78 Å². The Labute approximate surface area is 148 Å². The second kappa shape index (κ2) is 6.98. The number of rotatable bonds is 4. The lowest BCUT2D eigenvalue weighted by Gasteiger charge is -2.07. The Bertz CT molecular complexity index is 884. The number of fused-ring (bicyclic) bond motifs is 1. The van der Waals surface area contributed by atoms with Gasteiger partial charge in [-0.1, -0.05) is 35.4 Å². The zero-order chi connectivity index (χ0) is 18.0. The SMILES string of the molecule is CC(C)=CCOc1cc(C)c2c(c1)O/C(=C\c1cccc(C)c1)C2=O. The first-order chi connectivity index (χ1) is 11.9. The molecular weight excluding hydrogens is 312 g/mol. The third-order valence-corrected chi connectivity index (χ3v) is 4.03. The summed E-state index contributed by atoms with van der Waals surface area (Å²) in [6.07, 6.45) is 3.80. The van der Waals surface area contributed by atoms with E-state index >= 15 is 0 Å². The van der Waals surface area contributed by atoms with Crippen LogP contribution in [0, 0.1) is 13.8 Å². The molecule has 0 atom stereocenters. The first-order valence-electron chi connectivity index (χ1n) is 8.36. The first kappa shape index (κ1) is 17.0. The van der Waals surface area contributed by atoms with Gasteiger partial charge in [0.15, 0.2) is 5.76 Å². The fourth-order valence-corrected chi connectivity index (χ4v) is 2.78. The minimum atomic E-state index is -0.0788. The number of benzene rings is 2. The average molecular weight is 334 g/mol. The predicted octanol–water partition coefficient (Wildman–Crippen LogP) is 5.26. The molecule has 3 nitrogen and oxygen atoms in total. The molecule has 0 fully saturated rings. The normalized spacial score (nSPS) is 14.2. The maximum absolute atomic E-state index is 12.7. The van der Waals surface area contributed by atoms with Crippen molar-refractivity contribution in [3.05, 3.63) is 76.1 Å². The van der Waals surface area contributed by atoms with Gasteiger partial charge in [-0.05, 0) is 57.0 Å². The number of carbonyl (C=O) groups excluding carboxylic acids is 1. The van der Waals surface area contributed by atoms with Gasteiger partial charge in [-0.2, -0.15) is 0 Å². The zero-order valence-corrected chi connectivity index (χ0v) is 15.1. The van der Waals surface area contributed by atoms with E-state index in [2.05, 4.69) is 0 Å². The van der Waals surface area contributed by atoms with Crippen molar-refractivity contribution in [3.8, 4) is 11.5 Å². The van der Waals surface area contributed by atoms with Gasteiger partial charge in [-0.3, -0.25) is 4.79 Å². The number of hydrogen-bond acceptors (Lipinski definition) is 3. The molecule has 0 amide bonds. The van der Waals surface area contributed by atoms with Gasteiger partial charge in [0.1, 0.15) is 18.1 Å². The molecule has 1 heterocycles. The summed E-state index contributed by atoms with van der Waals surface area (Å²) in [5.41, 5.74) is 4.78. The molecule has 0 aromatic heterocycles. The Hall–Kier alpha value is -2.81. The van der Waals surface area contributed by atoms with Crippen LogP contribution in [-0.4, -0.2) is 12.4 Å². The quantitative estimate of drug-likeness (QED) is 0.565. The summed E-state index contributed by atoms with van der Waals surface area (Å²) in [5, 5.41) is 0. The zero-order valence-electron chi connectivity index (χ0n) is 15.1. The van der Waals surface area contributed by atoms with Crippen molar-refractivity contribution in [2.45, 2.75) is 27.7 Å². The van der Waals surface area contributed by atoms with E-state index in [9.17, 15) is 4.79 Å². The molecule has 0 bridgehead atoms. The van der Waals surface area contributed by atoms with Crippen LogP contribution >= 0.6 is 0 Å². The van der Waals surface area contributed by atoms with Gasteiger partial charge >= 0.3 is 0 Å². The number of carbonyl (C=O) groups is 1. The topological polar surface area (TPSA) is 35.5 Å². The minimum Gasteiger partial charge on any atom is -0.489 e. The van der Waals surface area contributed by atoms with Crippen LogP contribution in [-0.2, 0) is 0 Å². The third kappa shape index (κ3) is 3.82. The summed E-state index contributed by atoms with van der Waals surface area (Å²) in [6, 6.07) is 11.6. The summed E-state index contributed by atoms with van der Waals surface area (Å²) in [7, 11) is 0. The molecule has 1 aliphatic rings. The lowest BCUT2D eigenvalue weighted by Crippen LogP contribution is -2.00. The Morgan fingerprint density at radius 3 is 2.68 bits per heavy atom. The van der Waals surface area contributed by atoms with Gasteiger partial charge in [0, 0.05) is 6.07 Å². The van der Waals surface area contributed by atoms with Crippen molar-refractivity contribution in [2.24, 2.45) is 0 Å². The number of ether oxygens (including phenoxy) is 2. The van der Waals surface area contributed by atoms with Gasteiger partial charge in [0.2, 0.25) is 5.78 Å². The molecule has 0 radical (unpaired) electrons. The molecular formula is C22H22O3. The third-order valence-electron chi connectivity index (χ3n) is 4.03. The fraction of sp³-hybridized carbons (Fsp3) is 0.227. The molecule has 1 aliphatic heterocycles. The van der Waals surface area contributed by atoms with Crippen molar-refractivity contribution >= 4 is 11.9 Å². The van der Waals surface area contributed by atoms with Gasteiger partial charge in [-0.25, -0.2) is 0 Å². The number of Topliss-reactive ketones (excluding diaryl/α,β-unsaturated/α-hetero) is 1. The van der Waals surface area contributed by atoms with E-state index in [0.29, 0.717) is 29.4 Å². The van der Waals surface area contributed by atoms with E-state index in [1.165, 1.54) is 5.57 Å². The summed E-state index contributed by atoms with van der Waals surface area (Å²) in [6.45, 7) is 8.49. The molecule has 3 heteroatoms. The van der Waals surface area contributed by atoms with Crippen LogP contribution in [0.2, 0.25) is 0 Å². The second-order valence-electron chi connectivity index (χ2n) is 6.56. The van der Waals surface area contributed by atoms with Crippen LogP contribution in [0.1, 0.15) is 40.9 Å². The van der Waals surface area contributed by atoms with Crippen LogP contribution in [0.3, 0.4) is 0 Å². The highest BCUT2D eigenvalue weighted by atomic mass is 16.5. The Kier molecular flexibility index (Phi) is 4.75. The molecule has 2 aromatic rings. The average Bonchev–Trinajstić information content (AvgIpc) is 2.83. The summed E-state index contributed by atoms with van der Waals surface area (Å²) < 4.78 is 11.6. The van der Waals surface area contributed by atoms with Crippen molar-refractivity contribution < 1.29 is 14.3 Å². The highest BCUT2D eigenvalue weighted by molar-refractivity contribution is 6.15. The van der Waals surface area contributed by atoms with E-state index in [1.807, 2.05) is 64.1 Å². The van der Waals surface area contributed by atoms with Gasteiger partial charge < -0.3 is 9.47 Å². The Morgan fingerprint density at radius 2 is 1.96 bits per heavy atom. The van der Waals surface area contributed by atoms with E-state index in [4.69, 9.17) is 9.47 Å². The molecule has 0 aliphatic carbocycles. The Balaban J connectivity index is 1.88. The number of ketones is 1. The maximum Gasteiger partial charge on any atom is 0.232 e. The molecule has 25 heavy (non-hydrogen) atoms. The second-order valence-corrected chi connectivity index (χ2v) is 6.56. The van der Waals surface area contributed by atoms with E-state index in [1.54, 1.807) is 12.1 Å². The van der Waals surface area contributed by atoms with Crippen LogP contribution in [0.15, 0.2) is 53.8 Å². The summed E-state index contributed by atoms with van der Waals surface area (Å²) in [5.74, 6) is 1.55. The van der Waals surface area contributed by atoms with Crippen LogP contribution in [0.25, 0.3) is 6.08 Å². The number of allylic oxidation sites excluding steroid dienone is 2. The van der Waals surface area contributed by atoms with Crippen molar-refractivity contribution in [1.82, 2.24) is 0 Å². The Morgan fingerprint density at radius 1 is 1.16 bits per heavy atom. The maximum atomic E-state index is 12.7. The van der Waals surface area contributed by atoms with Crippen LogP contribution in [0.4, 0.5) is 0 Å². The highest BCUT2D eigenvalue weighted by Gasteiger charge is 2.29. The molecule has 0 unspecified atom stereocenters. The molecule has 0 saturated heterocycles. The van der Waals surface area contributed by atoms with Gasteiger partial charge in [0.05, 0.1) is 5.56 Å². The predicted molar refractivity (Wildman–Crippen MR) is 100 cm³/mol.